The van der Waals surface area contributed by atoms with Crippen LogP contribution in [0.5, 0.6) is 11.5 Å². The summed E-state index contributed by atoms with van der Waals surface area (Å²) in [6.45, 7) is 6.10. The van der Waals surface area contributed by atoms with Crippen molar-refractivity contribution in [3.05, 3.63) is 87.7 Å². The van der Waals surface area contributed by atoms with Crippen LogP contribution in [0.25, 0.3) is 0 Å². The number of halogens is 1. The van der Waals surface area contributed by atoms with Crippen LogP contribution in [-0.4, -0.2) is 11.6 Å². The summed E-state index contributed by atoms with van der Waals surface area (Å²) in [7, 11) is 0. The third-order valence-corrected chi connectivity index (χ3v) is 5.49. The Morgan fingerprint density at radius 1 is 1.14 bits per heavy atom. The molecule has 4 rings (SSSR count). The fraction of sp³-hybridized carbons (Fsp3) is 0.292. The zero-order valence-electron chi connectivity index (χ0n) is 16.7. The van der Waals surface area contributed by atoms with Gasteiger partial charge >= 0.3 is 0 Å². The Labute approximate surface area is 176 Å². The summed E-state index contributed by atoms with van der Waals surface area (Å²) >= 11 is 6.29. The molecule has 0 saturated heterocycles. The monoisotopic (exact) mass is 408 g/mol. The third-order valence-electron chi connectivity index (χ3n) is 5.19. The number of fused-ring (bicyclic) bond motifs is 1. The molecule has 29 heavy (non-hydrogen) atoms. The summed E-state index contributed by atoms with van der Waals surface area (Å²) in [6, 6.07) is 16.4. The van der Waals surface area contributed by atoms with Gasteiger partial charge in [-0.25, -0.2) is 0 Å². The highest BCUT2D eigenvalue weighted by Gasteiger charge is 2.23. The molecule has 5 heteroatoms. The molecule has 150 valence electrons. The summed E-state index contributed by atoms with van der Waals surface area (Å²) in [4.78, 5) is 4.32. The number of nitrogens with one attached hydrogen (secondary N) is 1. The van der Waals surface area contributed by atoms with Crippen molar-refractivity contribution >= 4 is 11.6 Å². The summed E-state index contributed by atoms with van der Waals surface area (Å²) < 4.78 is 11.8. The highest BCUT2D eigenvalue weighted by Crippen LogP contribution is 2.37. The van der Waals surface area contributed by atoms with E-state index in [1.165, 1.54) is 5.56 Å². The molecule has 1 aliphatic rings. The van der Waals surface area contributed by atoms with Crippen LogP contribution in [0.1, 0.15) is 40.4 Å². The van der Waals surface area contributed by atoms with Gasteiger partial charge in [0.25, 0.3) is 0 Å². The zero-order chi connectivity index (χ0) is 20.2. The van der Waals surface area contributed by atoms with E-state index in [0.29, 0.717) is 18.2 Å². The maximum absolute atomic E-state index is 6.29. The maximum atomic E-state index is 6.29. The fourth-order valence-corrected chi connectivity index (χ4v) is 4.08. The van der Waals surface area contributed by atoms with Crippen molar-refractivity contribution in [2.75, 3.05) is 6.61 Å². The van der Waals surface area contributed by atoms with E-state index in [4.69, 9.17) is 21.1 Å². The predicted octanol–water partition coefficient (Wildman–Crippen LogP) is 5.54. The van der Waals surface area contributed by atoms with Gasteiger partial charge in [-0.3, -0.25) is 4.98 Å². The number of pyridine rings is 1. The van der Waals surface area contributed by atoms with Gasteiger partial charge in [-0.05, 0) is 48.7 Å². The molecule has 0 radical (unpaired) electrons. The van der Waals surface area contributed by atoms with Crippen molar-refractivity contribution in [1.82, 2.24) is 10.3 Å². The molecule has 3 aromatic rings. The van der Waals surface area contributed by atoms with E-state index in [2.05, 4.69) is 42.3 Å². The van der Waals surface area contributed by atoms with Crippen LogP contribution < -0.4 is 14.8 Å². The van der Waals surface area contributed by atoms with Crippen molar-refractivity contribution < 1.29 is 9.47 Å². The second-order valence-electron chi connectivity index (χ2n) is 7.40. The first-order chi connectivity index (χ1) is 14.1. The lowest BCUT2D eigenvalue weighted by Crippen LogP contribution is -2.27. The Morgan fingerprint density at radius 3 is 2.72 bits per heavy atom. The molecule has 1 unspecified atom stereocenters. The van der Waals surface area contributed by atoms with Crippen molar-refractivity contribution in [1.29, 1.82) is 0 Å². The van der Waals surface area contributed by atoms with E-state index in [1.54, 1.807) is 6.20 Å². The highest BCUT2D eigenvalue weighted by atomic mass is 35.5. The van der Waals surface area contributed by atoms with E-state index < -0.39 is 0 Å². The van der Waals surface area contributed by atoms with Gasteiger partial charge in [0.2, 0.25) is 0 Å². The van der Waals surface area contributed by atoms with Gasteiger partial charge < -0.3 is 14.8 Å². The molecule has 0 amide bonds. The second-order valence-corrected chi connectivity index (χ2v) is 7.80. The average molecular weight is 409 g/mol. The van der Waals surface area contributed by atoms with Crippen LogP contribution in [-0.2, 0) is 13.2 Å². The van der Waals surface area contributed by atoms with Crippen LogP contribution in [0, 0.1) is 13.8 Å². The second kappa shape index (κ2) is 8.85. The third kappa shape index (κ3) is 4.55. The van der Waals surface area contributed by atoms with Crippen LogP contribution in [0.2, 0.25) is 5.02 Å². The van der Waals surface area contributed by atoms with Gasteiger partial charge in [-0.2, -0.15) is 0 Å². The van der Waals surface area contributed by atoms with Crippen molar-refractivity contribution in [2.24, 2.45) is 0 Å². The van der Waals surface area contributed by atoms with E-state index in [-0.39, 0.29) is 6.04 Å². The molecule has 4 nitrogen and oxygen atoms in total. The zero-order valence-corrected chi connectivity index (χ0v) is 17.5. The Morgan fingerprint density at radius 2 is 1.97 bits per heavy atom. The Balaban J connectivity index is 1.44. The van der Waals surface area contributed by atoms with E-state index in [1.807, 2.05) is 30.3 Å². The molecule has 1 atom stereocenters. The molecule has 0 spiro atoms. The molecular weight excluding hydrogens is 384 g/mol. The summed E-state index contributed by atoms with van der Waals surface area (Å²) in [5, 5.41) is 4.34. The first-order valence-electron chi connectivity index (χ1n) is 9.89. The number of aryl methyl sites for hydroxylation is 2. The van der Waals surface area contributed by atoms with E-state index >= 15 is 0 Å². The van der Waals surface area contributed by atoms with Crippen LogP contribution in [0.4, 0.5) is 0 Å². The minimum Gasteiger partial charge on any atom is -0.492 e. The predicted molar refractivity (Wildman–Crippen MR) is 116 cm³/mol. The topological polar surface area (TPSA) is 43.4 Å². The van der Waals surface area contributed by atoms with Gasteiger partial charge in [-0.15, -0.1) is 0 Å². The first-order valence-corrected chi connectivity index (χ1v) is 10.3. The highest BCUT2D eigenvalue weighted by molar-refractivity contribution is 6.32. The van der Waals surface area contributed by atoms with Gasteiger partial charge in [0, 0.05) is 30.8 Å². The summed E-state index contributed by atoms with van der Waals surface area (Å²) in [5.74, 6) is 1.74. The first kappa shape index (κ1) is 19.7. The molecule has 1 N–H and O–H groups in total. The number of rotatable bonds is 6. The quantitative estimate of drug-likeness (QED) is 0.581. The SMILES string of the molecule is Cc1cc(CNC2CCOc3c(Cl)cccc32)cc(C)c1OCc1ccccn1. The molecule has 2 aromatic carbocycles. The van der Waals surface area contributed by atoms with E-state index in [9.17, 15) is 0 Å². The number of ether oxygens (including phenoxy) is 2. The number of para-hydroxylation sites is 1. The molecule has 0 fully saturated rings. The molecule has 0 bridgehead atoms. The standard InChI is InChI=1S/C24H25ClN2O2/c1-16-12-18(13-17(2)23(16)29-15-19-6-3-4-10-26-19)14-27-22-9-11-28-24-20(22)7-5-8-21(24)25/h3-8,10,12-13,22,27H,9,11,14-15H2,1-2H3. The van der Waals surface area contributed by atoms with Crippen molar-refractivity contribution in [3.63, 3.8) is 0 Å². The molecule has 0 saturated carbocycles. The summed E-state index contributed by atoms with van der Waals surface area (Å²) in [6.07, 6.45) is 2.71. The molecule has 1 aromatic heterocycles. The lowest BCUT2D eigenvalue weighted by Gasteiger charge is -2.27. The number of hydrogen-bond acceptors (Lipinski definition) is 4. The lowest BCUT2D eigenvalue weighted by molar-refractivity contribution is 0.252. The van der Waals surface area contributed by atoms with Crippen LogP contribution in [0.15, 0.2) is 54.7 Å². The molecule has 1 aliphatic heterocycles. The number of aromatic nitrogens is 1. The number of nitrogens with zero attached hydrogens (tertiary/aromatic N) is 1. The maximum Gasteiger partial charge on any atom is 0.142 e. The van der Waals surface area contributed by atoms with Gasteiger partial charge in [0.05, 0.1) is 17.3 Å². The minimum atomic E-state index is 0.234. The van der Waals surface area contributed by atoms with Gasteiger partial charge in [-0.1, -0.05) is 41.9 Å². The normalized spacial score (nSPS) is 15.5. The Kier molecular flexibility index (Phi) is 6.02. The fourth-order valence-electron chi connectivity index (χ4n) is 3.84. The van der Waals surface area contributed by atoms with Gasteiger partial charge in [0.15, 0.2) is 0 Å². The molecule has 0 aliphatic carbocycles. The molecule has 2 heterocycles. The molecular formula is C24H25ClN2O2. The smallest absolute Gasteiger partial charge is 0.142 e. The van der Waals surface area contributed by atoms with Crippen LogP contribution in [0.3, 0.4) is 0 Å². The Hall–Kier alpha value is -2.56. The lowest BCUT2D eigenvalue weighted by atomic mass is 9.99. The largest absolute Gasteiger partial charge is 0.492 e. The average Bonchev–Trinajstić information content (AvgIpc) is 2.73. The number of hydrogen-bond donors (Lipinski definition) is 1. The minimum absolute atomic E-state index is 0.234. The number of benzene rings is 2. The van der Waals surface area contributed by atoms with Gasteiger partial charge in [0.1, 0.15) is 18.1 Å². The summed E-state index contributed by atoms with van der Waals surface area (Å²) in [5.41, 5.74) is 5.56. The Bertz CT molecular complexity index is 968. The van der Waals surface area contributed by atoms with Crippen molar-refractivity contribution in [3.8, 4) is 11.5 Å². The van der Waals surface area contributed by atoms with Crippen molar-refractivity contribution in [2.45, 2.75) is 39.5 Å². The van der Waals surface area contributed by atoms with Crippen LogP contribution >= 0.6 is 11.6 Å². The van der Waals surface area contributed by atoms with E-state index in [0.717, 1.165) is 46.8 Å².